The summed E-state index contributed by atoms with van der Waals surface area (Å²) in [6, 6.07) is 8.56. The number of hydrogen-bond acceptors (Lipinski definition) is 1. The van der Waals surface area contributed by atoms with Gasteiger partial charge in [0.1, 0.15) is 0 Å². The van der Waals surface area contributed by atoms with Gasteiger partial charge in [-0.2, -0.15) is 0 Å². The molecule has 0 spiro atoms. The minimum Gasteiger partial charge on any atom is -0.370 e. The van der Waals surface area contributed by atoms with Crippen molar-refractivity contribution in [3.05, 3.63) is 36.9 Å². The van der Waals surface area contributed by atoms with Gasteiger partial charge in [-0.15, -0.1) is 0 Å². The van der Waals surface area contributed by atoms with Gasteiger partial charge < -0.3 is 4.90 Å². The van der Waals surface area contributed by atoms with Crippen molar-refractivity contribution < 1.29 is 0 Å². The quantitative estimate of drug-likeness (QED) is 0.564. The van der Waals surface area contributed by atoms with Crippen molar-refractivity contribution in [2.24, 2.45) is 0 Å². The van der Waals surface area contributed by atoms with Crippen LogP contribution in [0.4, 0.5) is 5.69 Å². The zero-order valence-corrected chi connectivity index (χ0v) is 7.29. The predicted molar refractivity (Wildman–Crippen MR) is 52.1 cm³/mol. The van der Waals surface area contributed by atoms with Gasteiger partial charge in [0, 0.05) is 19.3 Å². The Bertz CT molecular complexity index is 267. The SMILES string of the molecule is [CH2]N1CCCCc2ccccc21. The van der Waals surface area contributed by atoms with Gasteiger partial charge in [-0.1, -0.05) is 18.2 Å². The topological polar surface area (TPSA) is 3.24 Å². The van der Waals surface area contributed by atoms with Crippen LogP contribution in [0.5, 0.6) is 0 Å². The molecular weight excluding hydrogens is 146 g/mol. The maximum absolute atomic E-state index is 4.03. The number of anilines is 1. The van der Waals surface area contributed by atoms with Gasteiger partial charge in [-0.3, -0.25) is 0 Å². The van der Waals surface area contributed by atoms with Crippen molar-refractivity contribution in [1.82, 2.24) is 0 Å². The van der Waals surface area contributed by atoms with Gasteiger partial charge >= 0.3 is 0 Å². The normalized spacial score (nSPS) is 16.9. The van der Waals surface area contributed by atoms with Crippen LogP contribution in [0, 0.1) is 7.05 Å². The lowest BCUT2D eigenvalue weighted by Crippen LogP contribution is -2.14. The van der Waals surface area contributed by atoms with E-state index in [0.717, 1.165) is 6.54 Å². The second kappa shape index (κ2) is 3.18. The summed E-state index contributed by atoms with van der Waals surface area (Å²) in [6.45, 7) is 1.09. The Kier molecular flexibility index (Phi) is 2.03. The summed E-state index contributed by atoms with van der Waals surface area (Å²) in [5.74, 6) is 0. The monoisotopic (exact) mass is 160 g/mol. The molecule has 0 fully saturated rings. The summed E-state index contributed by atoms with van der Waals surface area (Å²) >= 11 is 0. The molecule has 0 atom stereocenters. The van der Waals surface area contributed by atoms with Crippen LogP contribution in [0.2, 0.25) is 0 Å². The first-order valence-corrected chi connectivity index (χ1v) is 4.54. The van der Waals surface area contributed by atoms with Gasteiger partial charge in [-0.25, -0.2) is 0 Å². The third-order valence-corrected chi connectivity index (χ3v) is 2.46. The van der Waals surface area contributed by atoms with Crippen LogP contribution < -0.4 is 4.90 Å². The first kappa shape index (κ1) is 7.66. The molecule has 0 N–H and O–H groups in total. The van der Waals surface area contributed by atoms with E-state index in [1.54, 1.807) is 0 Å². The van der Waals surface area contributed by atoms with Crippen molar-refractivity contribution in [1.29, 1.82) is 0 Å². The molecular formula is C11H14N. The van der Waals surface area contributed by atoms with Crippen molar-refractivity contribution in [2.45, 2.75) is 19.3 Å². The van der Waals surface area contributed by atoms with E-state index in [9.17, 15) is 0 Å². The van der Waals surface area contributed by atoms with Gasteiger partial charge in [-0.05, 0) is 30.9 Å². The number of fused-ring (bicyclic) bond motifs is 1. The first-order valence-electron chi connectivity index (χ1n) is 4.54. The lowest BCUT2D eigenvalue weighted by Gasteiger charge is -2.18. The van der Waals surface area contributed by atoms with Gasteiger partial charge in [0.15, 0.2) is 0 Å². The molecule has 1 aromatic carbocycles. The minimum absolute atomic E-state index is 1.09. The highest BCUT2D eigenvalue weighted by molar-refractivity contribution is 5.54. The molecule has 63 valence electrons. The fraction of sp³-hybridized carbons (Fsp3) is 0.364. The molecule has 0 saturated carbocycles. The Morgan fingerprint density at radius 1 is 1.17 bits per heavy atom. The van der Waals surface area contributed by atoms with Crippen LogP contribution in [0.1, 0.15) is 18.4 Å². The van der Waals surface area contributed by atoms with E-state index in [0.29, 0.717) is 0 Å². The van der Waals surface area contributed by atoms with E-state index in [1.165, 1.54) is 30.5 Å². The highest BCUT2D eigenvalue weighted by Gasteiger charge is 2.09. The van der Waals surface area contributed by atoms with E-state index in [4.69, 9.17) is 0 Å². The lowest BCUT2D eigenvalue weighted by atomic mass is 10.1. The number of aryl methyl sites for hydroxylation is 1. The Balaban J connectivity index is 2.39. The first-order chi connectivity index (χ1) is 5.88. The third-order valence-electron chi connectivity index (χ3n) is 2.46. The molecule has 0 saturated heterocycles. The number of benzene rings is 1. The van der Waals surface area contributed by atoms with Gasteiger partial charge in [0.05, 0.1) is 0 Å². The number of hydrogen-bond donors (Lipinski definition) is 0. The summed E-state index contributed by atoms with van der Waals surface area (Å²) in [7, 11) is 4.03. The smallest absolute Gasteiger partial charge is 0.0399 e. The molecule has 0 unspecified atom stereocenters. The summed E-state index contributed by atoms with van der Waals surface area (Å²) in [6.07, 6.45) is 3.77. The molecule has 0 amide bonds. The number of nitrogens with zero attached hydrogens (tertiary/aromatic N) is 1. The summed E-state index contributed by atoms with van der Waals surface area (Å²) < 4.78 is 0. The molecule has 2 rings (SSSR count). The van der Waals surface area contributed by atoms with Crippen LogP contribution in [-0.2, 0) is 6.42 Å². The molecule has 1 radical (unpaired) electrons. The van der Waals surface area contributed by atoms with Crippen molar-refractivity contribution in [3.63, 3.8) is 0 Å². The van der Waals surface area contributed by atoms with Crippen LogP contribution in [0.25, 0.3) is 0 Å². The van der Waals surface area contributed by atoms with Crippen LogP contribution >= 0.6 is 0 Å². The van der Waals surface area contributed by atoms with Crippen LogP contribution in [0.15, 0.2) is 24.3 Å². The highest BCUT2D eigenvalue weighted by Crippen LogP contribution is 2.24. The summed E-state index contributed by atoms with van der Waals surface area (Å²) in [4.78, 5) is 2.11. The Hall–Kier alpha value is -0.980. The van der Waals surface area contributed by atoms with Gasteiger partial charge in [0.2, 0.25) is 0 Å². The van der Waals surface area contributed by atoms with E-state index in [-0.39, 0.29) is 0 Å². The Morgan fingerprint density at radius 2 is 2.00 bits per heavy atom. The van der Waals surface area contributed by atoms with Gasteiger partial charge in [0.25, 0.3) is 0 Å². The molecule has 1 aliphatic heterocycles. The van der Waals surface area contributed by atoms with E-state index in [1.807, 2.05) is 0 Å². The number of rotatable bonds is 0. The van der Waals surface area contributed by atoms with E-state index in [2.05, 4.69) is 36.2 Å². The molecule has 1 nitrogen and oxygen atoms in total. The fourth-order valence-corrected chi connectivity index (χ4v) is 1.77. The van der Waals surface area contributed by atoms with E-state index >= 15 is 0 Å². The second-order valence-electron chi connectivity index (χ2n) is 3.35. The molecule has 0 aliphatic carbocycles. The standard InChI is InChI=1S/C11H14N/c1-12-9-5-4-7-10-6-2-3-8-11(10)12/h2-3,6,8H,1,4-5,7,9H2. The van der Waals surface area contributed by atoms with Crippen LogP contribution in [-0.4, -0.2) is 6.54 Å². The molecule has 1 heteroatoms. The maximum Gasteiger partial charge on any atom is 0.0399 e. The van der Waals surface area contributed by atoms with E-state index < -0.39 is 0 Å². The highest BCUT2D eigenvalue weighted by atomic mass is 15.1. The van der Waals surface area contributed by atoms with Crippen molar-refractivity contribution in [2.75, 3.05) is 11.4 Å². The summed E-state index contributed by atoms with van der Waals surface area (Å²) in [5, 5.41) is 0. The fourth-order valence-electron chi connectivity index (χ4n) is 1.77. The lowest BCUT2D eigenvalue weighted by molar-refractivity contribution is 0.758. The molecule has 0 aromatic heterocycles. The third kappa shape index (κ3) is 1.31. The van der Waals surface area contributed by atoms with Crippen molar-refractivity contribution in [3.8, 4) is 0 Å². The average molecular weight is 160 g/mol. The zero-order chi connectivity index (χ0) is 8.39. The molecule has 1 heterocycles. The minimum atomic E-state index is 1.09. The molecule has 1 aromatic rings. The predicted octanol–water partition coefficient (Wildman–Crippen LogP) is 2.62. The molecule has 12 heavy (non-hydrogen) atoms. The Morgan fingerprint density at radius 3 is 2.92 bits per heavy atom. The molecule has 1 aliphatic rings. The molecule has 0 bridgehead atoms. The van der Waals surface area contributed by atoms with Crippen molar-refractivity contribution >= 4 is 5.69 Å². The van der Waals surface area contributed by atoms with Crippen LogP contribution in [0.3, 0.4) is 0 Å². The number of para-hydroxylation sites is 1. The maximum atomic E-state index is 4.03. The Labute approximate surface area is 74.0 Å². The second-order valence-corrected chi connectivity index (χ2v) is 3.35. The largest absolute Gasteiger partial charge is 0.370 e. The summed E-state index contributed by atoms with van der Waals surface area (Å²) in [5.41, 5.74) is 2.76. The zero-order valence-electron chi connectivity index (χ0n) is 7.29. The average Bonchev–Trinajstić information content (AvgIpc) is 2.29.